The third-order valence-electron chi connectivity index (χ3n) is 3.93. The summed E-state index contributed by atoms with van der Waals surface area (Å²) >= 11 is 1.39. The fourth-order valence-corrected chi connectivity index (χ4v) is 3.39. The SMILES string of the molecule is CC(=O)SCCCCCCNC(=O)c1n[nH]c2c1CCCC2. The van der Waals surface area contributed by atoms with Crippen molar-refractivity contribution in [3.8, 4) is 0 Å². The molecule has 2 rings (SSSR count). The molecule has 1 aromatic rings. The van der Waals surface area contributed by atoms with Gasteiger partial charge in [-0.15, -0.1) is 0 Å². The summed E-state index contributed by atoms with van der Waals surface area (Å²) in [4.78, 5) is 22.9. The normalized spacial score (nSPS) is 13.7. The molecule has 5 nitrogen and oxygen atoms in total. The van der Waals surface area contributed by atoms with E-state index in [1.165, 1.54) is 18.2 Å². The molecule has 0 saturated carbocycles. The molecule has 0 saturated heterocycles. The second-order valence-corrected chi connectivity index (χ2v) is 7.02. The van der Waals surface area contributed by atoms with Crippen LogP contribution < -0.4 is 5.32 Å². The molecular weight excluding hydrogens is 298 g/mol. The van der Waals surface area contributed by atoms with Crippen molar-refractivity contribution in [2.45, 2.75) is 58.3 Å². The van der Waals surface area contributed by atoms with Gasteiger partial charge in [-0.05, 0) is 38.5 Å². The Hall–Kier alpha value is -1.30. The second-order valence-electron chi connectivity index (χ2n) is 5.75. The number of nitrogens with one attached hydrogen (secondary N) is 2. The summed E-state index contributed by atoms with van der Waals surface area (Å²) in [5.74, 6) is 0.854. The topological polar surface area (TPSA) is 74.8 Å². The zero-order valence-electron chi connectivity index (χ0n) is 13.2. The highest BCUT2D eigenvalue weighted by atomic mass is 32.2. The van der Waals surface area contributed by atoms with Gasteiger partial charge in [0.05, 0.1) is 0 Å². The van der Waals surface area contributed by atoms with Crippen LogP contribution in [-0.2, 0) is 17.6 Å². The van der Waals surface area contributed by atoms with Crippen LogP contribution in [-0.4, -0.2) is 33.5 Å². The summed E-state index contributed by atoms with van der Waals surface area (Å²) in [5.41, 5.74) is 2.84. The van der Waals surface area contributed by atoms with Crippen molar-refractivity contribution in [3.63, 3.8) is 0 Å². The lowest BCUT2D eigenvalue weighted by atomic mass is 9.96. The molecule has 1 aliphatic carbocycles. The first-order valence-corrected chi connectivity index (χ1v) is 9.14. The number of carbonyl (C=O) groups is 2. The minimum absolute atomic E-state index is 0.0495. The van der Waals surface area contributed by atoms with Gasteiger partial charge in [0.1, 0.15) is 0 Å². The molecule has 6 heteroatoms. The van der Waals surface area contributed by atoms with Crippen LogP contribution in [0.4, 0.5) is 0 Å². The molecule has 22 heavy (non-hydrogen) atoms. The Bertz CT molecular complexity index is 513. The standard InChI is InChI=1S/C16H25N3O2S/c1-12(20)22-11-7-3-2-6-10-17-16(21)15-13-8-4-5-9-14(13)18-19-15/h2-11H2,1H3,(H,17,21)(H,18,19). The molecular formula is C16H25N3O2S. The molecule has 0 aromatic carbocycles. The number of H-pyrrole nitrogens is 1. The zero-order valence-corrected chi connectivity index (χ0v) is 14.1. The van der Waals surface area contributed by atoms with Crippen LogP contribution in [0.25, 0.3) is 0 Å². The highest BCUT2D eigenvalue weighted by Gasteiger charge is 2.21. The predicted molar refractivity (Wildman–Crippen MR) is 89.2 cm³/mol. The van der Waals surface area contributed by atoms with E-state index < -0.39 is 0 Å². The number of nitrogens with zero attached hydrogens (tertiary/aromatic N) is 1. The van der Waals surface area contributed by atoms with E-state index in [0.29, 0.717) is 12.2 Å². The van der Waals surface area contributed by atoms with Gasteiger partial charge in [-0.2, -0.15) is 5.10 Å². The van der Waals surface area contributed by atoms with E-state index in [1.807, 2.05) is 0 Å². The molecule has 0 radical (unpaired) electrons. The second kappa shape index (κ2) is 8.98. The van der Waals surface area contributed by atoms with Crippen LogP contribution in [0.15, 0.2) is 0 Å². The Balaban J connectivity index is 1.60. The molecule has 0 atom stereocenters. The molecule has 1 heterocycles. The van der Waals surface area contributed by atoms with Gasteiger partial charge in [0, 0.05) is 30.5 Å². The Morgan fingerprint density at radius 1 is 1.18 bits per heavy atom. The van der Waals surface area contributed by atoms with Gasteiger partial charge in [-0.1, -0.05) is 24.6 Å². The first-order valence-electron chi connectivity index (χ1n) is 8.16. The molecule has 122 valence electrons. The summed E-state index contributed by atoms with van der Waals surface area (Å²) in [6.07, 6.45) is 8.51. The third kappa shape index (κ3) is 5.16. The quantitative estimate of drug-likeness (QED) is 0.721. The smallest absolute Gasteiger partial charge is 0.272 e. The largest absolute Gasteiger partial charge is 0.351 e. The molecule has 0 aliphatic heterocycles. The van der Waals surface area contributed by atoms with E-state index in [4.69, 9.17) is 0 Å². The van der Waals surface area contributed by atoms with Crippen LogP contribution >= 0.6 is 11.8 Å². The minimum atomic E-state index is -0.0495. The summed E-state index contributed by atoms with van der Waals surface area (Å²) in [7, 11) is 0. The van der Waals surface area contributed by atoms with Crippen molar-refractivity contribution in [3.05, 3.63) is 17.0 Å². The van der Waals surface area contributed by atoms with Crippen LogP contribution in [0.2, 0.25) is 0 Å². The lowest BCUT2D eigenvalue weighted by Gasteiger charge is -2.11. The fraction of sp³-hybridized carbons (Fsp3) is 0.688. The maximum atomic E-state index is 12.2. The molecule has 0 spiro atoms. The maximum absolute atomic E-state index is 12.2. The predicted octanol–water partition coefficient (Wildman–Crippen LogP) is 2.86. The monoisotopic (exact) mass is 323 g/mol. The Labute approximate surface area is 136 Å². The van der Waals surface area contributed by atoms with Crippen molar-refractivity contribution in [2.75, 3.05) is 12.3 Å². The van der Waals surface area contributed by atoms with E-state index in [-0.39, 0.29) is 11.0 Å². The Morgan fingerprint density at radius 2 is 1.95 bits per heavy atom. The number of thioether (sulfide) groups is 1. The molecule has 2 N–H and O–H groups in total. The third-order valence-corrected chi connectivity index (χ3v) is 4.83. The lowest BCUT2D eigenvalue weighted by Crippen LogP contribution is -2.26. The Morgan fingerprint density at radius 3 is 2.77 bits per heavy atom. The van der Waals surface area contributed by atoms with E-state index in [1.54, 1.807) is 6.92 Å². The molecule has 1 amide bonds. The zero-order chi connectivity index (χ0) is 15.8. The number of rotatable bonds is 8. The number of aryl methyl sites for hydroxylation is 1. The van der Waals surface area contributed by atoms with Gasteiger partial charge < -0.3 is 5.32 Å². The lowest BCUT2D eigenvalue weighted by molar-refractivity contribution is -0.109. The van der Waals surface area contributed by atoms with Crippen molar-refractivity contribution >= 4 is 22.8 Å². The molecule has 1 aromatic heterocycles. The minimum Gasteiger partial charge on any atom is -0.351 e. The van der Waals surface area contributed by atoms with Gasteiger partial charge in [-0.25, -0.2) is 0 Å². The summed E-state index contributed by atoms with van der Waals surface area (Å²) in [5, 5.41) is 10.3. The number of aromatic amines is 1. The van der Waals surface area contributed by atoms with E-state index >= 15 is 0 Å². The average molecular weight is 323 g/mol. The van der Waals surface area contributed by atoms with E-state index in [2.05, 4.69) is 15.5 Å². The summed E-state index contributed by atoms with van der Waals surface area (Å²) in [6, 6.07) is 0. The number of unbranched alkanes of at least 4 members (excludes halogenated alkanes) is 3. The molecule has 0 fully saturated rings. The molecule has 0 bridgehead atoms. The fourth-order valence-electron chi connectivity index (χ4n) is 2.75. The number of fused-ring (bicyclic) bond motifs is 1. The van der Waals surface area contributed by atoms with E-state index in [9.17, 15) is 9.59 Å². The summed E-state index contributed by atoms with van der Waals surface area (Å²) < 4.78 is 0. The van der Waals surface area contributed by atoms with Crippen molar-refractivity contribution in [2.24, 2.45) is 0 Å². The van der Waals surface area contributed by atoms with Gasteiger partial charge in [0.15, 0.2) is 10.8 Å². The number of aromatic nitrogens is 2. The average Bonchev–Trinajstić information content (AvgIpc) is 2.93. The maximum Gasteiger partial charge on any atom is 0.272 e. The summed E-state index contributed by atoms with van der Waals surface area (Å²) in [6.45, 7) is 2.30. The van der Waals surface area contributed by atoms with Crippen LogP contribution in [0, 0.1) is 0 Å². The molecule has 0 unspecified atom stereocenters. The van der Waals surface area contributed by atoms with Gasteiger partial charge >= 0.3 is 0 Å². The van der Waals surface area contributed by atoms with Gasteiger partial charge in [0.2, 0.25) is 0 Å². The van der Waals surface area contributed by atoms with Crippen LogP contribution in [0.5, 0.6) is 0 Å². The van der Waals surface area contributed by atoms with Crippen molar-refractivity contribution < 1.29 is 9.59 Å². The first kappa shape index (κ1) is 17.1. The number of carbonyl (C=O) groups excluding carboxylic acids is 2. The number of hydrogen-bond acceptors (Lipinski definition) is 4. The van der Waals surface area contributed by atoms with Crippen molar-refractivity contribution in [1.82, 2.24) is 15.5 Å². The Kier molecular flexibility index (Phi) is 6.96. The van der Waals surface area contributed by atoms with Crippen LogP contribution in [0.1, 0.15) is 67.2 Å². The highest BCUT2D eigenvalue weighted by molar-refractivity contribution is 8.13. The number of hydrogen-bond donors (Lipinski definition) is 2. The van der Waals surface area contributed by atoms with Gasteiger partial charge in [-0.3, -0.25) is 14.7 Å². The molecule has 1 aliphatic rings. The highest BCUT2D eigenvalue weighted by Crippen LogP contribution is 2.21. The number of amides is 1. The van der Waals surface area contributed by atoms with Crippen LogP contribution in [0.3, 0.4) is 0 Å². The van der Waals surface area contributed by atoms with Gasteiger partial charge in [0.25, 0.3) is 5.91 Å². The van der Waals surface area contributed by atoms with Crippen molar-refractivity contribution in [1.29, 1.82) is 0 Å². The van der Waals surface area contributed by atoms with E-state index in [0.717, 1.165) is 62.0 Å². The first-order chi connectivity index (χ1) is 10.7.